The molecule has 0 aromatic carbocycles. The van der Waals surface area contributed by atoms with Crippen LogP contribution < -0.4 is 0 Å². The zero-order valence-corrected chi connectivity index (χ0v) is 35.3. The highest BCUT2D eigenvalue weighted by Crippen LogP contribution is 2.15. The van der Waals surface area contributed by atoms with Crippen molar-refractivity contribution in [2.45, 2.75) is 245 Å². The van der Waals surface area contributed by atoms with E-state index in [0.717, 1.165) is 77.0 Å². The van der Waals surface area contributed by atoms with Crippen molar-refractivity contribution in [3.63, 3.8) is 0 Å². The van der Waals surface area contributed by atoms with Crippen LogP contribution in [0.4, 0.5) is 0 Å². The molecule has 0 fully saturated rings. The normalized spacial score (nSPS) is 12.1. The van der Waals surface area contributed by atoms with Gasteiger partial charge in [0, 0.05) is 19.3 Å². The first kappa shape index (κ1) is 50.9. The smallest absolute Gasteiger partial charge is 0.306 e. The van der Waals surface area contributed by atoms with E-state index < -0.39 is 6.10 Å². The lowest BCUT2D eigenvalue weighted by atomic mass is 10.0. The summed E-state index contributed by atoms with van der Waals surface area (Å²) in [6.07, 6.45) is 45.8. The minimum absolute atomic E-state index is 0.0744. The molecule has 310 valence electrons. The lowest BCUT2D eigenvalue weighted by Crippen LogP contribution is -2.30. The lowest BCUT2D eigenvalue weighted by molar-refractivity contribution is -0.167. The van der Waals surface area contributed by atoms with E-state index in [9.17, 15) is 14.4 Å². The molecule has 0 bridgehead atoms. The summed E-state index contributed by atoms with van der Waals surface area (Å²) in [7, 11) is 0. The van der Waals surface area contributed by atoms with Crippen LogP contribution >= 0.6 is 0 Å². The van der Waals surface area contributed by atoms with Crippen molar-refractivity contribution in [2.75, 3.05) is 13.2 Å². The predicted molar refractivity (Wildman–Crippen MR) is 224 cm³/mol. The van der Waals surface area contributed by atoms with Crippen molar-refractivity contribution in [2.24, 2.45) is 0 Å². The third-order valence-electron chi connectivity index (χ3n) is 9.93. The molecule has 0 radical (unpaired) electrons. The molecule has 0 spiro atoms. The maximum Gasteiger partial charge on any atom is 0.306 e. The Morgan fingerprint density at radius 2 is 0.642 bits per heavy atom. The molecule has 1 unspecified atom stereocenters. The van der Waals surface area contributed by atoms with E-state index in [1.807, 2.05) is 0 Å². The van der Waals surface area contributed by atoms with Gasteiger partial charge in [-0.2, -0.15) is 0 Å². The van der Waals surface area contributed by atoms with E-state index in [4.69, 9.17) is 14.2 Å². The summed E-state index contributed by atoms with van der Waals surface area (Å²) in [5, 5.41) is 0. The number of allylic oxidation sites excluding steroid dienone is 4. The number of carbonyl (C=O) groups is 3. The molecule has 0 aliphatic rings. The minimum Gasteiger partial charge on any atom is -0.462 e. The molecular formula is C47H86O6. The van der Waals surface area contributed by atoms with E-state index in [2.05, 4.69) is 45.1 Å². The molecule has 0 saturated carbocycles. The van der Waals surface area contributed by atoms with Crippen LogP contribution in [0.5, 0.6) is 0 Å². The first-order valence-corrected chi connectivity index (χ1v) is 22.8. The van der Waals surface area contributed by atoms with Crippen molar-refractivity contribution in [1.29, 1.82) is 0 Å². The van der Waals surface area contributed by atoms with Crippen LogP contribution in [-0.4, -0.2) is 37.2 Å². The SMILES string of the molecule is CCCC/C=C\CCCCCCCC(=O)OCC(COC(=O)CCCCCCCCCCCCCCC)OC(=O)CCCCCCC/C=C\CCCC. The summed E-state index contributed by atoms with van der Waals surface area (Å²) in [5.74, 6) is -0.891. The molecule has 6 heteroatoms. The van der Waals surface area contributed by atoms with Crippen molar-refractivity contribution < 1.29 is 28.6 Å². The number of esters is 3. The zero-order chi connectivity index (χ0) is 38.7. The summed E-state index contributed by atoms with van der Waals surface area (Å²) >= 11 is 0. The minimum atomic E-state index is -0.771. The van der Waals surface area contributed by atoms with Crippen LogP contribution in [-0.2, 0) is 28.6 Å². The fourth-order valence-corrected chi connectivity index (χ4v) is 6.40. The average Bonchev–Trinajstić information content (AvgIpc) is 3.15. The molecule has 1 atom stereocenters. The van der Waals surface area contributed by atoms with Crippen LogP contribution in [0.3, 0.4) is 0 Å². The highest BCUT2D eigenvalue weighted by Gasteiger charge is 2.19. The van der Waals surface area contributed by atoms with Crippen LogP contribution in [0.1, 0.15) is 239 Å². The van der Waals surface area contributed by atoms with Crippen molar-refractivity contribution in [3.05, 3.63) is 24.3 Å². The Kier molecular flexibility index (Phi) is 40.9. The molecule has 0 aliphatic heterocycles. The van der Waals surface area contributed by atoms with Gasteiger partial charge in [0.05, 0.1) is 0 Å². The average molecular weight is 747 g/mol. The van der Waals surface area contributed by atoms with E-state index in [1.54, 1.807) is 0 Å². The van der Waals surface area contributed by atoms with Crippen LogP contribution in [0.15, 0.2) is 24.3 Å². The second-order valence-corrected chi connectivity index (χ2v) is 15.3. The van der Waals surface area contributed by atoms with Gasteiger partial charge in [-0.15, -0.1) is 0 Å². The molecule has 0 N–H and O–H groups in total. The van der Waals surface area contributed by atoms with Crippen LogP contribution in [0.25, 0.3) is 0 Å². The van der Waals surface area contributed by atoms with Gasteiger partial charge in [-0.05, 0) is 57.8 Å². The summed E-state index contributed by atoms with van der Waals surface area (Å²) < 4.78 is 16.7. The van der Waals surface area contributed by atoms with Crippen LogP contribution in [0.2, 0.25) is 0 Å². The van der Waals surface area contributed by atoms with Gasteiger partial charge in [0.2, 0.25) is 0 Å². The van der Waals surface area contributed by atoms with Gasteiger partial charge in [0.15, 0.2) is 6.10 Å². The Labute approximate surface area is 328 Å². The fraction of sp³-hybridized carbons (Fsp3) is 0.851. The molecule has 0 aromatic rings. The van der Waals surface area contributed by atoms with Gasteiger partial charge in [0.25, 0.3) is 0 Å². The predicted octanol–water partition coefficient (Wildman–Crippen LogP) is 14.4. The highest BCUT2D eigenvalue weighted by molar-refractivity contribution is 5.71. The second kappa shape index (κ2) is 42.6. The molecule has 0 amide bonds. The van der Waals surface area contributed by atoms with Crippen molar-refractivity contribution >= 4 is 17.9 Å². The zero-order valence-electron chi connectivity index (χ0n) is 35.3. The number of unbranched alkanes of at least 4 members (excludes halogenated alkanes) is 26. The topological polar surface area (TPSA) is 78.9 Å². The summed E-state index contributed by atoms with van der Waals surface area (Å²) in [6.45, 7) is 6.55. The molecule has 0 saturated heterocycles. The number of carbonyl (C=O) groups excluding carboxylic acids is 3. The lowest BCUT2D eigenvalue weighted by Gasteiger charge is -2.18. The van der Waals surface area contributed by atoms with E-state index >= 15 is 0 Å². The maximum atomic E-state index is 12.7. The molecule has 0 aromatic heterocycles. The molecule has 53 heavy (non-hydrogen) atoms. The third-order valence-corrected chi connectivity index (χ3v) is 9.93. The summed E-state index contributed by atoms with van der Waals surface area (Å²) in [5.41, 5.74) is 0. The molecule has 6 nitrogen and oxygen atoms in total. The Bertz CT molecular complexity index is 865. The summed E-state index contributed by atoms with van der Waals surface area (Å²) in [6, 6.07) is 0. The standard InChI is InChI=1S/C47H86O6/c1-4-7-10-13-16-19-22-23-26-28-31-34-37-40-46(49)52-43-44(53-47(50)41-38-35-32-29-25-21-18-15-12-9-6-3)42-51-45(48)39-36-33-30-27-24-20-17-14-11-8-5-2/h14-15,17-18,44H,4-13,16,19-43H2,1-3H3/b17-14-,18-15-. The van der Waals surface area contributed by atoms with E-state index in [1.165, 1.54) is 122 Å². The Balaban J connectivity index is 4.36. The first-order chi connectivity index (χ1) is 26.0. The largest absolute Gasteiger partial charge is 0.462 e. The van der Waals surface area contributed by atoms with Gasteiger partial charge in [0.1, 0.15) is 13.2 Å². The Hall–Kier alpha value is -2.11. The van der Waals surface area contributed by atoms with Gasteiger partial charge in [-0.25, -0.2) is 0 Å². The van der Waals surface area contributed by atoms with Gasteiger partial charge >= 0.3 is 17.9 Å². The molecule has 0 aliphatic carbocycles. The van der Waals surface area contributed by atoms with Gasteiger partial charge < -0.3 is 14.2 Å². The Morgan fingerprint density at radius 3 is 1.00 bits per heavy atom. The van der Waals surface area contributed by atoms with Gasteiger partial charge in [-0.3, -0.25) is 14.4 Å². The third kappa shape index (κ3) is 40.9. The van der Waals surface area contributed by atoms with Gasteiger partial charge in [-0.1, -0.05) is 186 Å². The summed E-state index contributed by atoms with van der Waals surface area (Å²) in [4.78, 5) is 37.7. The first-order valence-electron chi connectivity index (χ1n) is 22.8. The number of hydrogen-bond acceptors (Lipinski definition) is 6. The van der Waals surface area contributed by atoms with E-state index in [-0.39, 0.29) is 31.1 Å². The quantitative estimate of drug-likeness (QED) is 0.0268. The number of hydrogen-bond donors (Lipinski definition) is 0. The molecular weight excluding hydrogens is 661 g/mol. The highest BCUT2D eigenvalue weighted by atomic mass is 16.6. The molecule has 0 heterocycles. The maximum absolute atomic E-state index is 12.7. The fourth-order valence-electron chi connectivity index (χ4n) is 6.40. The monoisotopic (exact) mass is 747 g/mol. The second-order valence-electron chi connectivity index (χ2n) is 15.3. The van der Waals surface area contributed by atoms with Crippen LogP contribution in [0, 0.1) is 0 Å². The number of rotatable bonds is 41. The Morgan fingerprint density at radius 1 is 0.358 bits per heavy atom. The van der Waals surface area contributed by atoms with Crippen molar-refractivity contribution in [1.82, 2.24) is 0 Å². The van der Waals surface area contributed by atoms with Crippen molar-refractivity contribution in [3.8, 4) is 0 Å². The number of ether oxygens (including phenoxy) is 3. The van der Waals surface area contributed by atoms with E-state index in [0.29, 0.717) is 19.3 Å². The molecule has 0 rings (SSSR count).